The molecule has 0 unspecified atom stereocenters. The van der Waals surface area contributed by atoms with Crippen LogP contribution in [0.3, 0.4) is 0 Å². The molecule has 4 atom stereocenters. The van der Waals surface area contributed by atoms with E-state index in [1.807, 2.05) is 84.6 Å². The number of hydrogen-bond acceptors (Lipinski definition) is 4. The minimum atomic E-state index is -1.33. The largest absolute Gasteiger partial charge is 0.352 e. The van der Waals surface area contributed by atoms with Crippen LogP contribution in [-0.2, 0) is 16.6 Å². The Kier molecular flexibility index (Phi) is 6.59. The van der Waals surface area contributed by atoms with E-state index >= 15 is 0 Å². The van der Waals surface area contributed by atoms with E-state index in [4.69, 9.17) is 11.6 Å². The van der Waals surface area contributed by atoms with Crippen LogP contribution in [0.15, 0.2) is 97.1 Å². The van der Waals surface area contributed by atoms with Crippen LogP contribution in [0.25, 0.3) is 6.08 Å². The summed E-state index contributed by atoms with van der Waals surface area (Å²) in [4.78, 5) is 46.2. The van der Waals surface area contributed by atoms with E-state index in [0.717, 1.165) is 40.8 Å². The second-order valence-corrected chi connectivity index (χ2v) is 12.2. The highest BCUT2D eigenvalue weighted by molar-refractivity contribution is 6.30. The van der Waals surface area contributed by atoms with Crippen molar-refractivity contribution in [3.8, 4) is 0 Å². The molecule has 1 fully saturated rings. The van der Waals surface area contributed by atoms with Crippen LogP contribution in [0.1, 0.15) is 56.3 Å². The van der Waals surface area contributed by atoms with Gasteiger partial charge >= 0.3 is 0 Å². The van der Waals surface area contributed by atoms with Crippen LogP contribution in [0, 0.1) is 12.8 Å². The maximum absolute atomic E-state index is 14.9. The van der Waals surface area contributed by atoms with Gasteiger partial charge in [-0.25, -0.2) is 0 Å². The zero-order chi connectivity index (χ0) is 29.9. The quantitative estimate of drug-likeness (QED) is 0.238. The van der Waals surface area contributed by atoms with E-state index in [2.05, 4.69) is 18.3 Å². The molecule has 7 rings (SSSR count). The highest BCUT2D eigenvalue weighted by Crippen LogP contribution is 2.58. The normalized spacial score (nSPS) is 23.1. The molecule has 0 radical (unpaired) electrons. The Bertz CT molecular complexity index is 1810. The minimum absolute atomic E-state index is 0.223. The average molecular weight is 587 g/mol. The van der Waals surface area contributed by atoms with Gasteiger partial charge in [0.25, 0.3) is 0 Å². The summed E-state index contributed by atoms with van der Waals surface area (Å²) in [6.07, 6.45) is 5.93. The predicted octanol–water partition coefficient (Wildman–Crippen LogP) is 7.46. The molecular formula is C37H31ClN2O3. The minimum Gasteiger partial charge on any atom is -0.352 e. The number of carbonyl (C=O) groups is 3. The van der Waals surface area contributed by atoms with Crippen molar-refractivity contribution in [2.75, 3.05) is 10.2 Å². The van der Waals surface area contributed by atoms with E-state index in [1.165, 1.54) is 0 Å². The number of aryl methyl sites for hydroxylation is 2. The first kappa shape index (κ1) is 27.4. The molecule has 3 aliphatic heterocycles. The number of nitrogens with one attached hydrogen (secondary N) is 1. The van der Waals surface area contributed by atoms with Crippen molar-refractivity contribution < 1.29 is 14.4 Å². The lowest BCUT2D eigenvalue weighted by Gasteiger charge is -2.37. The predicted molar refractivity (Wildman–Crippen MR) is 171 cm³/mol. The second-order valence-electron chi connectivity index (χ2n) is 11.7. The lowest BCUT2D eigenvalue weighted by Crippen LogP contribution is -2.51. The van der Waals surface area contributed by atoms with Gasteiger partial charge in [-0.1, -0.05) is 91.2 Å². The number of rotatable bonds is 6. The van der Waals surface area contributed by atoms with Crippen molar-refractivity contribution in [1.29, 1.82) is 0 Å². The topological polar surface area (TPSA) is 66.5 Å². The third kappa shape index (κ3) is 4.09. The van der Waals surface area contributed by atoms with Gasteiger partial charge in [-0.05, 0) is 72.5 Å². The summed E-state index contributed by atoms with van der Waals surface area (Å²) >= 11 is 6.20. The Morgan fingerprint density at radius 3 is 2.35 bits per heavy atom. The van der Waals surface area contributed by atoms with Crippen LogP contribution in [0.4, 0.5) is 11.4 Å². The summed E-state index contributed by atoms with van der Waals surface area (Å²) in [6.45, 7) is 4.14. The number of fused-ring (bicyclic) bond motifs is 6. The van der Waals surface area contributed by atoms with Crippen molar-refractivity contribution in [3.05, 3.63) is 135 Å². The monoisotopic (exact) mass is 586 g/mol. The molecule has 0 bridgehead atoms. The summed E-state index contributed by atoms with van der Waals surface area (Å²) in [5.41, 5.74) is 5.01. The summed E-state index contributed by atoms with van der Waals surface area (Å²) in [7, 11) is 0. The molecule has 0 aromatic heterocycles. The molecule has 4 aromatic carbocycles. The van der Waals surface area contributed by atoms with E-state index in [9.17, 15) is 14.4 Å². The van der Waals surface area contributed by atoms with Crippen molar-refractivity contribution in [2.45, 2.75) is 44.2 Å². The molecule has 1 saturated heterocycles. The number of amides is 1. The average Bonchev–Trinajstić information content (AvgIpc) is 3.49. The smallest absolute Gasteiger partial charge is 0.238 e. The van der Waals surface area contributed by atoms with Crippen molar-refractivity contribution in [3.63, 3.8) is 0 Å². The summed E-state index contributed by atoms with van der Waals surface area (Å²) in [5.74, 6) is -1.72. The van der Waals surface area contributed by atoms with E-state index < -0.39 is 23.4 Å². The zero-order valence-electron chi connectivity index (χ0n) is 24.0. The standard InChI is InChI=1S/C37H31ClN2O3/c1-3-6-23-10-12-24(13-11-23)34(41)32-33(35(42)25-14-17-27(38)18-15-25)40-30-19-9-22(2)21-26(30)16-20-31(40)37(32)28-7-4-5-8-29(28)39-36(37)43/h4-5,7-21,31-33H,3,6H2,1-2H3,(H,39,43)/t31-,32+,33+,37-/m1/s1. The summed E-state index contributed by atoms with van der Waals surface area (Å²) < 4.78 is 0. The molecular weight excluding hydrogens is 556 g/mol. The first-order valence-corrected chi connectivity index (χ1v) is 15.1. The van der Waals surface area contributed by atoms with Gasteiger partial charge in [-0.3, -0.25) is 14.4 Å². The van der Waals surface area contributed by atoms with Gasteiger partial charge in [0.1, 0.15) is 11.5 Å². The number of ketones is 2. The van der Waals surface area contributed by atoms with Crippen LogP contribution in [0.2, 0.25) is 5.02 Å². The van der Waals surface area contributed by atoms with Gasteiger partial charge in [-0.15, -0.1) is 0 Å². The van der Waals surface area contributed by atoms with Gasteiger partial charge in [0.2, 0.25) is 5.91 Å². The SMILES string of the molecule is CCCc1ccc(C(=O)[C@@H]2[C@@H](C(=O)c3ccc(Cl)cc3)N3c4ccc(C)cc4C=C[C@@H]3[C@@]23C(=O)Nc2ccccc23)cc1. The fourth-order valence-electron chi connectivity index (χ4n) is 7.39. The lowest BCUT2D eigenvalue weighted by molar-refractivity contribution is -0.121. The second kappa shape index (κ2) is 10.4. The van der Waals surface area contributed by atoms with Gasteiger partial charge < -0.3 is 10.2 Å². The third-order valence-corrected chi connectivity index (χ3v) is 9.50. The number of Topliss-reactive ketones (excluding diaryl/α,β-unsaturated/α-hetero) is 2. The van der Waals surface area contributed by atoms with Crippen molar-refractivity contribution in [2.24, 2.45) is 5.92 Å². The first-order valence-electron chi connectivity index (χ1n) is 14.8. The molecule has 1 amide bonds. The number of benzene rings is 4. The van der Waals surface area contributed by atoms with Gasteiger partial charge in [0.15, 0.2) is 11.6 Å². The molecule has 3 heterocycles. The van der Waals surface area contributed by atoms with Crippen molar-refractivity contribution in [1.82, 2.24) is 0 Å². The molecule has 1 spiro atoms. The number of carbonyl (C=O) groups excluding carboxylic acids is 3. The lowest BCUT2D eigenvalue weighted by atomic mass is 9.64. The molecule has 4 aromatic rings. The fourth-order valence-corrected chi connectivity index (χ4v) is 7.51. The van der Waals surface area contributed by atoms with Crippen LogP contribution < -0.4 is 10.2 Å². The van der Waals surface area contributed by atoms with E-state index in [-0.39, 0.29) is 17.5 Å². The maximum Gasteiger partial charge on any atom is 0.238 e. The molecule has 0 saturated carbocycles. The Balaban J connectivity index is 1.50. The summed E-state index contributed by atoms with van der Waals surface area (Å²) in [5, 5.41) is 3.60. The highest BCUT2D eigenvalue weighted by atomic mass is 35.5. The number of para-hydroxylation sites is 1. The maximum atomic E-state index is 14.9. The van der Waals surface area contributed by atoms with Gasteiger partial charge in [0.05, 0.1) is 12.0 Å². The zero-order valence-corrected chi connectivity index (χ0v) is 24.8. The molecule has 6 heteroatoms. The Labute approximate surface area is 256 Å². The molecule has 1 N–H and O–H groups in total. The van der Waals surface area contributed by atoms with Crippen LogP contribution >= 0.6 is 11.6 Å². The molecule has 5 nitrogen and oxygen atoms in total. The third-order valence-electron chi connectivity index (χ3n) is 9.25. The first-order chi connectivity index (χ1) is 20.8. The fraction of sp³-hybridized carbons (Fsp3) is 0.216. The molecule has 0 aliphatic carbocycles. The molecule has 3 aliphatic rings. The number of halogens is 1. The highest BCUT2D eigenvalue weighted by Gasteiger charge is 2.70. The van der Waals surface area contributed by atoms with Crippen LogP contribution in [-0.4, -0.2) is 29.6 Å². The van der Waals surface area contributed by atoms with E-state index in [1.54, 1.807) is 24.3 Å². The number of anilines is 2. The molecule has 214 valence electrons. The number of nitrogens with zero attached hydrogens (tertiary/aromatic N) is 1. The number of hydrogen-bond donors (Lipinski definition) is 1. The molecule has 43 heavy (non-hydrogen) atoms. The van der Waals surface area contributed by atoms with Crippen LogP contribution in [0.5, 0.6) is 0 Å². The van der Waals surface area contributed by atoms with Gasteiger partial charge in [-0.2, -0.15) is 0 Å². The Morgan fingerprint density at radius 2 is 1.60 bits per heavy atom. The van der Waals surface area contributed by atoms with E-state index in [0.29, 0.717) is 21.8 Å². The summed E-state index contributed by atoms with van der Waals surface area (Å²) in [6, 6.07) is 26.5. The Morgan fingerprint density at radius 1 is 0.907 bits per heavy atom. The van der Waals surface area contributed by atoms with Gasteiger partial charge in [0, 0.05) is 27.5 Å². The van der Waals surface area contributed by atoms with Crippen molar-refractivity contribution >= 4 is 46.5 Å². The Hall–Kier alpha value is -4.48.